The second-order valence-corrected chi connectivity index (χ2v) is 11.7. The van der Waals surface area contributed by atoms with E-state index in [-0.39, 0.29) is 23.4 Å². The lowest BCUT2D eigenvalue weighted by Gasteiger charge is -2.47. The molecular weight excluding hydrogens is 445 g/mol. The summed E-state index contributed by atoms with van der Waals surface area (Å²) in [5, 5.41) is 6.81. The summed E-state index contributed by atoms with van der Waals surface area (Å²) in [5.74, 6) is -0.779. The van der Waals surface area contributed by atoms with E-state index in [1.807, 2.05) is 0 Å². The van der Waals surface area contributed by atoms with Gasteiger partial charge in [0.25, 0.3) is 0 Å². The Morgan fingerprint density at radius 2 is 1.83 bits per heavy atom. The molecule has 0 aromatic heterocycles. The van der Waals surface area contributed by atoms with Crippen molar-refractivity contribution in [1.29, 1.82) is 0 Å². The number of rotatable bonds is 6. The minimum absolute atomic E-state index is 0.00547. The molecule has 8 nitrogen and oxygen atoms in total. The van der Waals surface area contributed by atoms with E-state index < -0.39 is 18.3 Å². The topological polar surface area (TPSA) is 112 Å². The summed E-state index contributed by atoms with van der Waals surface area (Å²) < 4.78 is 14.4. The van der Waals surface area contributed by atoms with Gasteiger partial charge < -0.3 is 22.1 Å². The molecule has 200 valence electrons. The fourth-order valence-electron chi connectivity index (χ4n) is 7.09. The van der Waals surface area contributed by atoms with Crippen molar-refractivity contribution in [2.24, 2.45) is 27.8 Å². The smallest absolute Gasteiger partial charge is 0.228 e. The normalized spacial score (nSPS) is 33.7. The van der Waals surface area contributed by atoms with Crippen LogP contribution >= 0.6 is 0 Å². The minimum Gasteiger partial charge on any atom is -0.350 e. The maximum Gasteiger partial charge on any atom is 0.228 e. The number of alkyl halides is 1. The zero-order valence-corrected chi connectivity index (χ0v) is 21.8. The number of hydrogen-bond donors (Lipinski definition) is 4. The molecule has 0 aromatic rings. The standard InChI is InChI=1S/C26H48FN7O/c1-18(2)33-12-14-34(15-13-33)21-7-11-30-17-20(21)32-25(35)22(24(28)29)23-26(8-4-3-5-9-26)10-6-19(27)16-31-23/h16,18-24,30H,3-15,17,28-29H2,1-2H3,(H,32,35). The highest BCUT2D eigenvalue weighted by Crippen LogP contribution is 2.48. The first-order valence-corrected chi connectivity index (χ1v) is 14.0. The second kappa shape index (κ2) is 11.9. The van der Waals surface area contributed by atoms with Gasteiger partial charge in [0.2, 0.25) is 5.91 Å². The van der Waals surface area contributed by atoms with Gasteiger partial charge in [-0.15, -0.1) is 0 Å². The monoisotopic (exact) mass is 493 g/mol. The Hall–Kier alpha value is -1.13. The van der Waals surface area contributed by atoms with Crippen LogP contribution in [0, 0.1) is 11.3 Å². The van der Waals surface area contributed by atoms with Crippen LogP contribution in [-0.4, -0.2) is 97.7 Å². The van der Waals surface area contributed by atoms with Crippen LogP contribution in [0.5, 0.6) is 0 Å². The SMILES string of the molecule is CC(C)N1CCN(C2CCNCC2NC(=O)C(C(N)N)C2N=CC(F)CCC23CCCCC3)CC1. The van der Waals surface area contributed by atoms with Gasteiger partial charge in [-0.1, -0.05) is 19.3 Å². The number of nitrogens with two attached hydrogens (primary N) is 2. The Morgan fingerprint density at radius 1 is 1.11 bits per heavy atom. The van der Waals surface area contributed by atoms with Gasteiger partial charge in [-0.3, -0.25) is 19.6 Å². The molecule has 0 radical (unpaired) electrons. The zero-order valence-electron chi connectivity index (χ0n) is 21.8. The number of carbonyl (C=O) groups is 1. The number of hydrogen-bond acceptors (Lipinski definition) is 7. The third kappa shape index (κ3) is 6.24. The molecule has 1 aliphatic carbocycles. The van der Waals surface area contributed by atoms with Crippen LogP contribution in [0.3, 0.4) is 0 Å². The molecule has 2 saturated heterocycles. The van der Waals surface area contributed by atoms with Crippen LogP contribution in [0.25, 0.3) is 0 Å². The Kier molecular flexibility index (Phi) is 9.19. The summed E-state index contributed by atoms with van der Waals surface area (Å²) >= 11 is 0. The van der Waals surface area contributed by atoms with Crippen LogP contribution in [0.1, 0.15) is 65.2 Å². The summed E-state index contributed by atoms with van der Waals surface area (Å²) in [6.07, 6.45) is 7.01. The molecule has 3 heterocycles. The van der Waals surface area contributed by atoms with E-state index in [2.05, 4.69) is 34.3 Å². The number of piperazine rings is 1. The van der Waals surface area contributed by atoms with Gasteiger partial charge in [-0.25, -0.2) is 4.39 Å². The predicted molar refractivity (Wildman–Crippen MR) is 139 cm³/mol. The molecule has 1 saturated carbocycles. The number of carbonyl (C=O) groups excluding carboxylic acids is 1. The first kappa shape index (κ1) is 26.9. The molecule has 35 heavy (non-hydrogen) atoms. The zero-order chi connectivity index (χ0) is 25.0. The van der Waals surface area contributed by atoms with Gasteiger partial charge in [-0.05, 0) is 57.9 Å². The lowest BCUT2D eigenvalue weighted by molar-refractivity contribution is -0.129. The molecule has 1 spiro atoms. The maximum atomic E-state index is 14.4. The number of amides is 1. The summed E-state index contributed by atoms with van der Waals surface area (Å²) in [4.78, 5) is 23.6. The van der Waals surface area contributed by atoms with Crippen molar-refractivity contribution < 1.29 is 9.18 Å². The predicted octanol–water partition coefficient (Wildman–Crippen LogP) is 1.24. The molecule has 5 unspecified atom stereocenters. The van der Waals surface area contributed by atoms with Crippen molar-refractivity contribution in [3.8, 4) is 0 Å². The van der Waals surface area contributed by atoms with Gasteiger partial charge in [0.1, 0.15) is 6.17 Å². The Morgan fingerprint density at radius 3 is 2.49 bits per heavy atom. The second-order valence-electron chi connectivity index (χ2n) is 11.7. The van der Waals surface area contributed by atoms with Gasteiger partial charge in [0.15, 0.2) is 0 Å². The molecule has 4 aliphatic rings. The summed E-state index contributed by atoms with van der Waals surface area (Å²) in [7, 11) is 0. The molecule has 0 bridgehead atoms. The van der Waals surface area contributed by atoms with E-state index >= 15 is 0 Å². The first-order valence-electron chi connectivity index (χ1n) is 14.0. The van der Waals surface area contributed by atoms with Crippen LogP contribution in [-0.2, 0) is 4.79 Å². The van der Waals surface area contributed by atoms with Gasteiger partial charge in [0.05, 0.1) is 24.2 Å². The average Bonchev–Trinajstić information content (AvgIpc) is 2.99. The van der Waals surface area contributed by atoms with E-state index in [0.29, 0.717) is 18.5 Å². The van der Waals surface area contributed by atoms with Crippen molar-refractivity contribution in [3.63, 3.8) is 0 Å². The van der Waals surface area contributed by atoms with Crippen molar-refractivity contribution >= 4 is 12.1 Å². The van der Waals surface area contributed by atoms with E-state index in [1.165, 1.54) is 12.6 Å². The maximum absolute atomic E-state index is 14.4. The minimum atomic E-state index is -1.06. The third-order valence-corrected chi connectivity index (χ3v) is 9.18. The highest BCUT2D eigenvalue weighted by atomic mass is 19.1. The largest absolute Gasteiger partial charge is 0.350 e. The highest BCUT2D eigenvalue weighted by molar-refractivity contribution is 5.81. The molecule has 4 rings (SSSR count). The molecular formula is C26H48FN7O. The Labute approximate surface area is 210 Å². The van der Waals surface area contributed by atoms with Crippen molar-refractivity contribution in [1.82, 2.24) is 20.4 Å². The van der Waals surface area contributed by atoms with E-state index in [0.717, 1.165) is 77.8 Å². The molecule has 5 atom stereocenters. The molecule has 6 N–H and O–H groups in total. The quantitative estimate of drug-likeness (QED) is 0.414. The van der Waals surface area contributed by atoms with Gasteiger partial charge >= 0.3 is 0 Å². The van der Waals surface area contributed by atoms with E-state index in [9.17, 15) is 9.18 Å². The molecule has 0 aromatic carbocycles. The third-order valence-electron chi connectivity index (χ3n) is 9.18. The van der Waals surface area contributed by atoms with Crippen molar-refractivity contribution in [3.05, 3.63) is 0 Å². The number of piperidine rings is 1. The van der Waals surface area contributed by atoms with Crippen molar-refractivity contribution in [2.75, 3.05) is 39.3 Å². The summed E-state index contributed by atoms with van der Waals surface area (Å²) in [6.45, 7) is 10.3. The number of aliphatic imine (C=N–C) groups is 1. The fraction of sp³-hybridized carbons (Fsp3) is 0.923. The molecule has 3 aliphatic heterocycles. The molecule has 1 amide bonds. The van der Waals surface area contributed by atoms with Crippen LogP contribution in [0.15, 0.2) is 4.99 Å². The molecule has 3 fully saturated rings. The average molecular weight is 494 g/mol. The van der Waals surface area contributed by atoms with E-state index in [1.54, 1.807) is 0 Å². The van der Waals surface area contributed by atoms with Gasteiger partial charge in [-0.2, -0.15) is 0 Å². The lowest BCUT2D eigenvalue weighted by Crippen LogP contribution is -2.65. The molecule has 9 heteroatoms. The van der Waals surface area contributed by atoms with E-state index in [4.69, 9.17) is 16.5 Å². The first-order chi connectivity index (χ1) is 16.8. The van der Waals surface area contributed by atoms with Crippen LogP contribution in [0.2, 0.25) is 0 Å². The summed E-state index contributed by atoms with van der Waals surface area (Å²) in [5.41, 5.74) is 12.4. The fourth-order valence-corrected chi connectivity index (χ4v) is 7.09. The number of halogens is 1. The van der Waals surface area contributed by atoms with Crippen LogP contribution < -0.4 is 22.1 Å². The number of nitrogens with one attached hydrogen (secondary N) is 2. The Balaban J connectivity index is 1.49. The lowest BCUT2D eigenvalue weighted by atomic mass is 9.63. The van der Waals surface area contributed by atoms with Crippen LogP contribution in [0.4, 0.5) is 4.39 Å². The Bertz CT molecular complexity index is 718. The number of nitrogens with zero attached hydrogens (tertiary/aromatic N) is 3. The highest BCUT2D eigenvalue weighted by Gasteiger charge is 2.49. The van der Waals surface area contributed by atoms with Gasteiger partial charge in [0, 0.05) is 51.0 Å². The van der Waals surface area contributed by atoms with Crippen molar-refractivity contribution in [2.45, 2.75) is 102 Å². The summed E-state index contributed by atoms with van der Waals surface area (Å²) in [6, 6.07) is 0.478.